The van der Waals surface area contributed by atoms with Gasteiger partial charge in [-0.15, -0.1) is 0 Å². The first-order valence-electron chi connectivity index (χ1n) is 10.4. The summed E-state index contributed by atoms with van der Waals surface area (Å²) < 4.78 is 17.4. The third-order valence-electron chi connectivity index (χ3n) is 2.82. The Morgan fingerprint density at radius 3 is 1.50 bits per heavy atom. The highest BCUT2D eigenvalue weighted by molar-refractivity contribution is 6.04. The van der Waals surface area contributed by atoms with Crippen molar-refractivity contribution in [3.63, 3.8) is 0 Å². The molecule has 0 fully saturated rings. The fourth-order valence-corrected chi connectivity index (χ4v) is 1.05. The Hall–Kier alpha value is -4.28. The largest absolute Gasteiger partial charge is 0.478 e. The van der Waals surface area contributed by atoms with Gasteiger partial charge in [-0.05, 0) is 27.2 Å². The molecule has 1 N–H and O–H groups in total. The molecule has 0 aromatic carbocycles. The summed E-state index contributed by atoms with van der Waals surface area (Å²) >= 11 is 0. The van der Waals surface area contributed by atoms with Gasteiger partial charge in [0.2, 0.25) is 0 Å². The molecule has 0 aromatic heterocycles. The number of methoxy groups -OCH3 is 1. The Labute approximate surface area is 211 Å². The van der Waals surface area contributed by atoms with Crippen molar-refractivity contribution >= 4 is 35.8 Å². The van der Waals surface area contributed by atoms with E-state index in [0.29, 0.717) is 18.8 Å². The standard InChI is InChI=1S/C7H12O2.2C5H8O2.C4H2O3.C4H6O2/c1-3-5-6-9-7(8)4-2;1-4(2)5(6)7-3;1-3-5(6)7-4-2;5-3-1-2-4(6)7-3;1-3(2)4(5)6/h4H,2-3,5-6H2,1H3;1H2,2-3H3;3H,1,4H2,2H3;1-2H;1H2,2H3,(H,5,6). The van der Waals surface area contributed by atoms with Crippen LogP contribution in [0.15, 0.2) is 61.8 Å². The van der Waals surface area contributed by atoms with Crippen LogP contribution in [0.2, 0.25) is 0 Å². The van der Waals surface area contributed by atoms with Gasteiger partial charge in [0.25, 0.3) is 0 Å². The number of esters is 5. The van der Waals surface area contributed by atoms with E-state index in [1.807, 2.05) is 6.92 Å². The van der Waals surface area contributed by atoms with Crippen molar-refractivity contribution in [3.8, 4) is 0 Å². The number of unbranched alkanes of at least 4 members (excludes halogenated alkanes) is 1. The summed E-state index contributed by atoms with van der Waals surface area (Å²) in [6.07, 6.45) is 6.47. The number of rotatable bonds is 8. The number of hydrogen-bond donors (Lipinski definition) is 1. The SMILES string of the molecule is C=C(C)C(=O)O.C=C(C)C(=O)OC.C=CC(=O)OCC.C=CC(=O)OCCCC.O=C1C=CC(=O)O1. The molecule has 0 spiro atoms. The molecular weight excluding hydrogens is 476 g/mol. The molecule has 1 aliphatic rings. The smallest absolute Gasteiger partial charge is 0.338 e. The van der Waals surface area contributed by atoms with E-state index in [9.17, 15) is 28.8 Å². The lowest BCUT2D eigenvalue weighted by atomic mass is 10.4. The van der Waals surface area contributed by atoms with E-state index >= 15 is 0 Å². The lowest BCUT2D eigenvalue weighted by Crippen LogP contribution is -2.00. The van der Waals surface area contributed by atoms with E-state index in [4.69, 9.17) is 5.11 Å². The highest BCUT2D eigenvalue weighted by atomic mass is 16.6. The zero-order chi connectivity index (χ0) is 29.1. The van der Waals surface area contributed by atoms with Crippen molar-refractivity contribution in [2.75, 3.05) is 20.3 Å². The van der Waals surface area contributed by atoms with E-state index in [1.165, 1.54) is 20.1 Å². The van der Waals surface area contributed by atoms with Crippen LogP contribution in [0, 0.1) is 0 Å². The molecular formula is C25H36O11. The Morgan fingerprint density at radius 1 is 0.917 bits per heavy atom. The third kappa shape index (κ3) is 34.3. The fourth-order valence-electron chi connectivity index (χ4n) is 1.05. The molecule has 11 heteroatoms. The average Bonchev–Trinajstić information content (AvgIpc) is 3.22. The van der Waals surface area contributed by atoms with Gasteiger partial charge in [0.1, 0.15) is 0 Å². The predicted molar refractivity (Wildman–Crippen MR) is 132 cm³/mol. The van der Waals surface area contributed by atoms with E-state index < -0.39 is 17.9 Å². The first kappa shape index (κ1) is 39.0. The summed E-state index contributed by atoms with van der Waals surface area (Å²) in [7, 11) is 1.33. The van der Waals surface area contributed by atoms with Gasteiger partial charge in [0, 0.05) is 35.5 Å². The lowest BCUT2D eigenvalue weighted by molar-refractivity contribution is -0.150. The van der Waals surface area contributed by atoms with Gasteiger partial charge in [0.15, 0.2) is 0 Å². The number of ether oxygens (including phenoxy) is 4. The maximum Gasteiger partial charge on any atom is 0.338 e. The summed E-state index contributed by atoms with van der Waals surface area (Å²) in [5.74, 6) is -3.13. The van der Waals surface area contributed by atoms with Gasteiger partial charge in [0.05, 0.1) is 20.3 Å². The minimum Gasteiger partial charge on any atom is -0.478 e. The molecule has 0 amide bonds. The normalized spacial score (nSPS) is 9.81. The van der Waals surface area contributed by atoms with Crippen molar-refractivity contribution in [3.05, 3.63) is 61.8 Å². The van der Waals surface area contributed by atoms with Gasteiger partial charge in [-0.1, -0.05) is 39.7 Å². The molecule has 0 bridgehead atoms. The number of hydrogen-bond acceptors (Lipinski definition) is 10. The molecule has 202 valence electrons. The van der Waals surface area contributed by atoms with Crippen LogP contribution in [0.4, 0.5) is 0 Å². The van der Waals surface area contributed by atoms with Crippen LogP contribution in [-0.2, 0) is 47.7 Å². The maximum atomic E-state index is 10.3. The van der Waals surface area contributed by atoms with Crippen molar-refractivity contribution in [1.29, 1.82) is 0 Å². The Bertz CT molecular complexity index is 775. The van der Waals surface area contributed by atoms with Crippen molar-refractivity contribution in [2.45, 2.75) is 40.5 Å². The molecule has 36 heavy (non-hydrogen) atoms. The van der Waals surface area contributed by atoms with E-state index in [1.54, 1.807) is 13.8 Å². The second kappa shape index (κ2) is 27.0. The van der Waals surface area contributed by atoms with Gasteiger partial charge in [-0.2, -0.15) is 0 Å². The Balaban J connectivity index is -0.000000179. The third-order valence-corrected chi connectivity index (χ3v) is 2.82. The zero-order valence-corrected chi connectivity index (χ0v) is 21.5. The fraction of sp³-hybridized carbons (Fsp3) is 0.360. The second-order valence-electron chi connectivity index (χ2n) is 6.11. The van der Waals surface area contributed by atoms with Gasteiger partial charge in [-0.25, -0.2) is 28.8 Å². The minimum atomic E-state index is -0.935. The van der Waals surface area contributed by atoms with Gasteiger partial charge < -0.3 is 24.1 Å². The topological polar surface area (TPSA) is 160 Å². The first-order chi connectivity index (χ1) is 16.7. The summed E-state index contributed by atoms with van der Waals surface area (Å²) in [6.45, 7) is 20.8. The minimum absolute atomic E-state index is 0.176. The Morgan fingerprint density at radius 2 is 1.33 bits per heavy atom. The molecule has 1 rings (SSSR count). The quantitative estimate of drug-likeness (QED) is 0.167. The summed E-state index contributed by atoms with van der Waals surface area (Å²) in [4.78, 5) is 60.1. The number of carboxylic acid groups (broad SMARTS) is 1. The molecule has 0 radical (unpaired) electrons. The van der Waals surface area contributed by atoms with Crippen molar-refractivity contribution in [1.82, 2.24) is 0 Å². The average molecular weight is 513 g/mol. The molecule has 0 unspecified atom stereocenters. The van der Waals surface area contributed by atoms with Crippen molar-refractivity contribution < 1.29 is 52.8 Å². The van der Waals surface area contributed by atoms with Crippen LogP contribution in [0.25, 0.3) is 0 Å². The van der Waals surface area contributed by atoms with Gasteiger partial charge >= 0.3 is 35.8 Å². The number of carbonyl (C=O) groups is 6. The predicted octanol–water partition coefficient (Wildman–Crippen LogP) is 3.26. The number of carbonyl (C=O) groups excluding carboxylic acids is 5. The highest BCUT2D eigenvalue weighted by Crippen LogP contribution is 1.92. The summed E-state index contributed by atoms with van der Waals surface area (Å²) in [6, 6.07) is 0. The lowest BCUT2D eigenvalue weighted by Gasteiger charge is -1.97. The molecule has 0 aliphatic carbocycles. The van der Waals surface area contributed by atoms with Crippen LogP contribution in [-0.4, -0.2) is 61.2 Å². The van der Waals surface area contributed by atoms with Gasteiger partial charge in [-0.3, -0.25) is 0 Å². The van der Waals surface area contributed by atoms with Crippen LogP contribution >= 0.6 is 0 Å². The summed E-state index contributed by atoms with van der Waals surface area (Å²) in [5, 5.41) is 7.89. The van der Waals surface area contributed by atoms with E-state index in [-0.39, 0.29) is 23.5 Å². The zero-order valence-electron chi connectivity index (χ0n) is 21.5. The molecule has 0 aromatic rings. The Kier molecular flexibility index (Phi) is 29.2. The molecule has 1 heterocycles. The summed E-state index contributed by atoms with van der Waals surface area (Å²) in [5.41, 5.74) is 0.609. The van der Waals surface area contributed by atoms with Crippen LogP contribution in [0.5, 0.6) is 0 Å². The molecule has 0 atom stereocenters. The highest BCUT2D eigenvalue weighted by Gasteiger charge is 2.10. The molecule has 0 saturated carbocycles. The first-order valence-corrected chi connectivity index (χ1v) is 10.4. The number of aliphatic carboxylic acids is 1. The van der Waals surface area contributed by atoms with E-state index in [0.717, 1.165) is 31.1 Å². The monoisotopic (exact) mass is 512 g/mol. The second-order valence-corrected chi connectivity index (χ2v) is 6.11. The molecule has 1 aliphatic heterocycles. The molecule has 11 nitrogen and oxygen atoms in total. The molecule has 0 saturated heterocycles. The number of cyclic esters (lactones) is 2. The van der Waals surface area contributed by atoms with Crippen LogP contribution in [0.1, 0.15) is 40.5 Å². The van der Waals surface area contributed by atoms with Crippen molar-refractivity contribution in [2.24, 2.45) is 0 Å². The van der Waals surface area contributed by atoms with E-state index in [2.05, 4.69) is 45.3 Å². The van der Waals surface area contributed by atoms with Crippen LogP contribution < -0.4 is 0 Å². The van der Waals surface area contributed by atoms with Crippen LogP contribution in [0.3, 0.4) is 0 Å². The number of carboxylic acids is 1. The maximum absolute atomic E-state index is 10.3.